The van der Waals surface area contributed by atoms with Crippen LogP contribution in [0.15, 0.2) is 46.4 Å². The molecule has 0 saturated carbocycles. The van der Waals surface area contributed by atoms with E-state index in [9.17, 15) is 4.79 Å². The SMILES string of the molecule is C/C(=C\c1ccccc1-c1ccc(C)o1)C(=O)O. The molecule has 1 N–H and O–H groups in total. The van der Waals surface area contributed by atoms with E-state index in [0.717, 1.165) is 22.6 Å². The lowest BCUT2D eigenvalue weighted by atomic mass is 10.0. The molecule has 0 saturated heterocycles. The first kappa shape index (κ1) is 12.2. The molecule has 0 radical (unpaired) electrons. The van der Waals surface area contributed by atoms with Crippen molar-refractivity contribution >= 4 is 12.0 Å². The van der Waals surface area contributed by atoms with E-state index in [0.29, 0.717) is 5.57 Å². The van der Waals surface area contributed by atoms with Gasteiger partial charge in [0.05, 0.1) is 0 Å². The second-order valence-electron chi connectivity index (χ2n) is 4.13. The van der Waals surface area contributed by atoms with E-state index >= 15 is 0 Å². The Balaban J connectivity index is 2.50. The number of rotatable bonds is 3. The molecule has 0 unspecified atom stereocenters. The number of aryl methyl sites for hydroxylation is 1. The fraction of sp³-hybridized carbons (Fsp3) is 0.133. The van der Waals surface area contributed by atoms with Crippen LogP contribution >= 0.6 is 0 Å². The van der Waals surface area contributed by atoms with Crippen LogP contribution in [0.5, 0.6) is 0 Å². The van der Waals surface area contributed by atoms with Crippen molar-refractivity contribution in [2.24, 2.45) is 0 Å². The molecule has 3 nitrogen and oxygen atoms in total. The van der Waals surface area contributed by atoms with Gasteiger partial charge in [-0.2, -0.15) is 0 Å². The van der Waals surface area contributed by atoms with E-state index in [1.165, 1.54) is 0 Å². The lowest BCUT2D eigenvalue weighted by Crippen LogP contribution is -1.95. The number of hydrogen-bond donors (Lipinski definition) is 1. The van der Waals surface area contributed by atoms with Crippen LogP contribution in [0.4, 0.5) is 0 Å². The summed E-state index contributed by atoms with van der Waals surface area (Å²) >= 11 is 0. The van der Waals surface area contributed by atoms with E-state index in [1.54, 1.807) is 13.0 Å². The third kappa shape index (κ3) is 2.51. The van der Waals surface area contributed by atoms with Gasteiger partial charge in [-0.3, -0.25) is 0 Å². The summed E-state index contributed by atoms with van der Waals surface area (Å²) in [5, 5.41) is 8.92. The third-order valence-electron chi connectivity index (χ3n) is 2.68. The zero-order chi connectivity index (χ0) is 13.1. The van der Waals surface area contributed by atoms with Gasteiger partial charge >= 0.3 is 5.97 Å². The highest BCUT2D eigenvalue weighted by Crippen LogP contribution is 2.27. The maximum absolute atomic E-state index is 10.9. The highest BCUT2D eigenvalue weighted by molar-refractivity contribution is 5.92. The third-order valence-corrected chi connectivity index (χ3v) is 2.68. The largest absolute Gasteiger partial charge is 0.478 e. The van der Waals surface area contributed by atoms with Crippen LogP contribution in [-0.4, -0.2) is 11.1 Å². The van der Waals surface area contributed by atoms with Crippen molar-refractivity contribution in [3.8, 4) is 11.3 Å². The van der Waals surface area contributed by atoms with Gasteiger partial charge in [0.15, 0.2) is 0 Å². The molecule has 1 aromatic carbocycles. The Morgan fingerprint density at radius 1 is 1.22 bits per heavy atom. The fourth-order valence-corrected chi connectivity index (χ4v) is 1.72. The highest BCUT2D eigenvalue weighted by atomic mass is 16.4. The Morgan fingerprint density at radius 3 is 2.56 bits per heavy atom. The maximum Gasteiger partial charge on any atom is 0.331 e. The minimum absolute atomic E-state index is 0.297. The average molecular weight is 242 g/mol. The van der Waals surface area contributed by atoms with Crippen LogP contribution in [0.1, 0.15) is 18.2 Å². The molecule has 0 spiro atoms. The Hall–Kier alpha value is -2.29. The summed E-state index contributed by atoms with van der Waals surface area (Å²) in [6, 6.07) is 11.3. The van der Waals surface area contributed by atoms with E-state index < -0.39 is 5.97 Å². The van der Waals surface area contributed by atoms with Gasteiger partial charge in [-0.05, 0) is 37.6 Å². The molecular weight excluding hydrogens is 228 g/mol. The van der Waals surface area contributed by atoms with E-state index in [2.05, 4.69) is 0 Å². The van der Waals surface area contributed by atoms with Crippen LogP contribution in [0.3, 0.4) is 0 Å². The van der Waals surface area contributed by atoms with Gasteiger partial charge in [-0.15, -0.1) is 0 Å². The predicted octanol–water partition coefficient (Wildman–Crippen LogP) is 3.74. The van der Waals surface area contributed by atoms with Crippen LogP contribution in [0.25, 0.3) is 17.4 Å². The van der Waals surface area contributed by atoms with Gasteiger partial charge in [-0.1, -0.05) is 24.3 Å². The van der Waals surface area contributed by atoms with E-state index in [4.69, 9.17) is 9.52 Å². The summed E-state index contributed by atoms with van der Waals surface area (Å²) < 4.78 is 5.58. The summed E-state index contributed by atoms with van der Waals surface area (Å²) in [6.45, 7) is 3.46. The molecule has 2 rings (SSSR count). The molecule has 0 aliphatic carbocycles. The predicted molar refractivity (Wildman–Crippen MR) is 70.2 cm³/mol. The van der Waals surface area contributed by atoms with Crippen LogP contribution in [0, 0.1) is 6.92 Å². The molecule has 3 heteroatoms. The van der Waals surface area contributed by atoms with Crippen molar-refractivity contribution in [3.63, 3.8) is 0 Å². The number of furan rings is 1. The van der Waals surface area contributed by atoms with Gasteiger partial charge in [0.1, 0.15) is 11.5 Å². The van der Waals surface area contributed by atoms with E-state index in [1.807, 2.05) is 43.3 Å². The average Bonchev–Trinajstić information content (AvgIpc) is 2.76. The quantitative estimate of drug-likeness (QED) is 0.834. The number of carbonyl (C=O) groups is 1. The standard InChI is InChI=1S/C15H14O3/c1-10(15(16)17)9-12-5-3-4-6-13(12)14-8-7-11(2)18-14/h3-9H,1-2H3,(H,16,17)/b10-9+. The van der Waals surface area contributed by atoms with E-state index in [-0.39, 0.29) is 0 Å². The van der Waals surface area contributed by atoms with Crippen molar-refractivity contribution in [3.05, 3.63) is 53.3 Å². The number of carboxylic acid groups (broad SMARTS) is 1. The number of carboxylic acids is 1. The number of aliphatic carboxylic acids is 1. The smallest absolute Gasteiger partial charge is 0.331 e. The Bertz CT molecular complexity index is 606. The number of hydrogen-bond acceptors (Lipinski definition) is 2. The monoisotopic (exact) mass is 242 g/mol. The lowest BCUT2D eigenvalue weighted by molar-refractivity contribution is -0.132. The zero-order valence-electron chi connectivity index (χ0n) is 10.3. The summed E-state index contributed by atoms with van der Waals surface area (Å²) in [7, 11) is 0. The molecule has 92 valence electrons. The zero-order valence-corrected chi connectivity index (χ0v) is 10.3. The van der Waals surface area contributed by atoms with Crippen molar-refractivity contribution < 1.29 is 14.3 Å². The first-order chi connectivity index (χ1) is 8.58. The molecule has 0 atom stereocenters. The van der Waals surface area contributed by atoms with Crippen LogP contribution in [0.2, 0.25) is 0 Å². The Morgan fingerprint density at radius 2 is 1.94 bits per heavy atom. The first-order valence-electron chi connectivity index (χ1n) is 5.65. The first-order valence-corrected chi connectivity index (χ1v) is 5.65. The Labute approximate surface area is 105 Å². The molecule has 2 aromatic rings. The normalized spacial score (nSPS) is 11.6. The van der Waals surface area contributed by atoms with Gasteiger partial charge in [0.25, 0.3) is 0 Å². The topological polar surface area (TPSA) is 50.4 Å². The molecular formula is C15H14O3. The summed E-state index contributed by atoms with van der Waals surface area (Å²) in [5.74, 6) is 0.664. The molecule has 0 amide bonds. The van der Waals surface area contributed by atoms with Crippen molar-refractivity contribution in [1.82, 2.24) is 0 Å². The Kier molecular flexibility index (Phi) is 3.33. The van der Waals surface area contributed by atoms with Crippen LogP contribution < -0.4 is 0 Å². The summed E-state index contributed by atoms with van der Waals surface area (Å²) in [4.78, 5) is 10.9. The maximum atomic E-state index is 10.9. The van der Waals surface area contributed by atoms with Gasteiger partial charge < -0.3 is 9.52 Å². The second-order valence-corrected chi connectivity index (χ2v) is 4.13. The van der Waals surface area contributed by atoms with Crippen molar-refractivity contribution in [1.29, 1.82) is 0 Å². The molecule has 0 bridgehead atoms. The van der Waals surface area contributed by atoms with Crippen LogP contribution in [-0.2, 0) is 4.79 Å². The van der Waals surface area contributed by atoms with Gasteiger partial charge in [-0.25, -0.2) is 4.79 Å². The molecule has 0 fully saturated rings. The van der Waals surface area contributed by atoms with Gasteiger partial charge in [0, 0.05) is 11.1 Å². The molecule has 0 aliphatic rings. The molecule has 18 heavy (non-hydrogen) atoms. The fourth-order valence-electron chi connectivity index (χ4n) is 1.72. The molecule has 1 aromatic heterocycles. The van der Waals surface area contributed by atoms with Crippen molar-refractivity contribution in [2.75, 3.05) is 0 Å². The summed E-state index contributed by atoms with van der Waals surface area (Å²) in [6.07, 6.45) is 1.65. The molecule has 0 aliphatic heterocycles. The lowest BCUT2D eigenvalue weighted by Gasteiger charge is -2.03. The summed E-state index contributed by atoms with van der Waals surface area (Å²) in [5.41, 5.74) is 2.03. The molecule has 1 heterocycles. The highest BCUT2D eigenvalue weighted by Gasteiger charge is 2.08. The van der Waals surface area contributed by atoms with Crippen molar-refractivity contribution in [2.45, 2.75) is 13.8 Å². The van der Waals surface area contributed by atoms with Gasteiger partial charge in [0.2, 0.25) is 0 Å². The minimum Gasteiger partial charge on any atom is -0.478 e. The minimum atomic E-state index is -0.916. The number of benzene rings is 1. The second kappa shape index (κ2) is 4.92.